The quantitative estimate of drug-likeness (QED) is 0.781. The Morgan fingerprint density at radius 2 is 2.04 bits per heavy atom. The van der Waals surface area contributed by atoms with E-state index in [1.807, 2.05) is 32.0 Å². The molecule has 0 aliphatic heterocycles. The predicted octanol–water partition coefficient (Wildman–Crippen LogP) is 3.92. The van der Waals surface area contributed by atoms with Gasteiger partial charge in [-0.3, -0.25) is 4.79 Å². The van der Waals surface area contributed by atoms with Crippen molar-refractivity contribution in [3.8, 4) is 10.6 Å². The fourth-order valence-electron chi connectivity index (χ4n) is 2.15. The van der Waals surface area contributed by atoms with E-state index in [1.54, 1.807) is 23.9 Å². The molecule has 118 valence electrons. The summed E-state index contributed by atoms with van der Waals surface area (Å²) in [4.78, 5) is 21.4. The van der Waals surface area contributed by atoms with Gasteiger partial charge in [0.05, 0.1) is 10.6 Å². The van der Waals surface area contributed by atoms with E-state index < -0.39 is 0 Å². The number of benzene rings is 1. The number of aryl methyl sites for hydroxylation is 1. The Hall–Kier alpha value is -2.18. The number of hydrogen-bond acceptors (Lipinski definition) is 5. The molecule has 0 saturated heterocycles. The molecule has 0 aliphatic rings. The number of thiazole rings is 1. The molecular formula is C16H15ClN4OS. The van der Waals surface area contributed by atoms with Crippen molar-refractivity contribution in [1.29, 1.82) is 0 Å². The molecule has 0 fully saturated rings. The first-order chi connectivity index (χ1) is 11.0. The Labute approximate surface area is 142 Å². The van der Waals surface area contributed by atoms with Crippen LogP contribution in [0.4, 0.5) is 11.6 Å². The minimum Gasteiger partial charge on any atom is -0.324 e. The Kier molecular flexibility index (Phi) is 4.19. The third kappa shape index (κ3) is 3.13. The maximum atomic E-state index is 11.8. The van der Waals surface area contributed by atoms with Crippen molar-refractivity contribution in [1.82, 2.24) is 14.5 Å². The lowest BCUT2D eigenvalue weighted by molar-refractivity contribution is 0.854. The van der Waals surface area contributed by atoms with Crippen LogP contribution in [0, 0.1) is 13.8 Å². The molecule has 5 nitrogen and oxygen atoms in total. The summed E-state index contributed by atoms with van der Waals surface area (Å²) in [5, 5.41) is 3.88. The van der Waals surface area contributed by atoms with Crippen LogP contribution in [-0.4, -0.2) is 14.5 Å². The molecule has 0 atom stereocenters. The second-order valence-electron chi connectivity index (χ2n) is 5.20. The molecular weight excluding hydrogens is 332 g/mol. The number of rotatable bonds is 3. The fourth-order valence-corrected chi connectivity index (χ4v) is 3.22. The SMILES string of the molecule is Cc1cc(Nc2nccc(-c3sc(=O)n(C)c3C)n2)ccc1Cl. The maximum Gasteiger partial charge on any atom is 0.307 e. The van der Waals surface area contributed by atoms with E-state index in [1.165, 1.54) is 11.3 Å². The molecule has 0 saturated carbocycles. The zero-order valence-corrected chi connectivity index (χ0v) is 14.5. The fraction of sp³-hybridized carbons (Fsp3) is 0.188. The summed E-state index contributed by atoms with van der Waals surface area (Å²) < 4.78 is 1.62. The number of anilines is 2. The van der Waals surface area contributed by atoms with Gasteiger partial charge < -0.3 is 9.88 Å². The van der Waals surface area contributed by atoms with Crippen molar-refractivity contribution in [2.24, 2.45) is 7.05 Å². The van der Waals surface area contributed by atoms with Gasteiger partial charge in [0.25, 0.3) is 0 Å². The van der Waals surface area contributed by atoms with Gasteiger partial charge in [0.15, 0.2) is 0 Å². The standard InChI is InChI=1S/C16H15ClN4OS/c1-9-8-11(4-5-12(9)17)19-15-18-7-6-13(20-15)14-10(2)21(3)16(22)23-14/h4-8H,1-3H3,(H,18,19,20). The second-order valence-corrected chi connectivity index (χ2v) is 6.56. The van der Waals surface area contributed by atoms with Crippen LogP contribution >= 0.6 is 22.9 Å². The van der Waals surface area contributed by atoms with Gasteiger partial charge in [0.2, 0.25) is 5.95 Å². The highest BCUT2D eigenvalue weighted by Crippen LogP contribution is 2.26. The predicted molar refractivity (Wildman–Crippen MR) is 94.8 cm³/mol. The zero-order valence-electron chi connectivity index (χ0n) is 12.9. The highest BCUT2D eigenvalue weighted by molar-refractivity contribution is 7.13. The van der Waals surface area contributed by atoms with Crippen molar-refractivity contribution >= 4 is 34.6 Å². The molecule has 3 rings (SSSR count). The first-order valence-corrected chi connectivity index (χ1v) is 8.18. The van der Waals surface area contributed by atoms with Crippen molar-refractivity contribution in [2.45, 2.75) is 13.8 Å². The van der Waals surface area contributed by atoms with E-state index in [-0.39, 0.29) is 4.87 Å². The first kappa shape index (κ1) is 15.7. The molecule has 0 spiro atoms. The molecule has 0 amide bonds. The molecule has 2 aromatic heterocycles. The monoisotopic (exact) mass is 346 g/mol. The summed E-state index contributed by atoms with van der Waals surface area (Å²) in [6.07, 6.45) is 1.68. The van der Waals surface area contributed by atoms with Crippen LogP contribution in [0.3, 0.4) is 0 Å². The van der Waals surface area contributed by atoms with Gasteiger partial charge in [-0.05, 0) is 43.7 Å². The molecule has 0 unspecified atom stereocenters. The minimum atomic E-state index is -0.000975. The van der Waals surface area contributed by atoms with Crippen LogP contribution in [0.15, 0.2) is 35.3 Å². The Balaban J connectivity index is 1.95. The van der Waals surface area contributed by atoms with E-state index in [9.17, 15) is 4.79 Å². The van der Waals surface area contributed by atoms with Crippen LogP contribution in [0.2, 0.25) is 5.02 Å². The lowest BCUT2D eigenvalue weighted by Crippen LogP contribution is -2.08. The van der Waals surface area contributed by atoms with Crippen LogP contribution in [0.5, 0.6) is 0 Å². The first-order valence-electron chi connectivity index (χ1n) is 6.98. The largest absolute Gasteiger partial charge is 0.324 e. The topological polar surface area (TPSA) is 59.8 Å². The van der Waals surface area contributed by atoms with Gasteiger partial charge in [-0.25, -0.2) is 9.97 Å². The Morgan fingerprint density at radius 1 is 1.26 bits per heavy atom. The van der Waals surface area contributed by atoms with Gasteiger partial charge in [-0.1, -0.05) is 22.9 Å². The highest BCUT2D eigenvalue weighted by Gasteiger charge is 2.12. The van der Waals surface area contributed by atoms with Gasteiger partial charge in [-0.15, -0.1) is 0 Å². The average molecular weight is 347 g/mol. The van der Waals surface area contributed by atoms with Gasteiger partial charge in [-0.2, -0.15) is 0 Å². The number of nitrogens with one attached hydrogen (secondary N) is 1. The Morgan fingerprint density at radius 3 is 2.70 bits per heavy atom. The molecule has 7 heteroatoms. The smallest absolute Gasteiger partial charge is 0.307 e. The summed E-state index contributed by atoms with van der Waals surface area (Å²) >= 11 is 7.22. The number of aromatic nitrogens is 3. The summed E-state index contributed by atoms with van der Waals surface area (Å²) in [5.74, 6) is 0.479. The van der Waals surface area contributed by atoms with E-state index >= 15 is 0 Å². The van der Waals surface area contributed by atoms with Gasteiger partial charge in [0.1, 0.15) is 0 Å². The molecule has 1 aromatic carbocycles. The van der Waals surface area contributed by atoms with Crippen LogP contribution in [0.1, 0.15) is 11.3 Å². The molecule has 3 aromatic rings. The van der Waals surface area contributed by atoms with Crippen molar-refractivity contribution in [3.05, 3.63) is 56.4 Å². The summed E-state index contributed by atoms with van der Waals surface area (Å²) in [6.45, 7) is 3.85. The number of hydrogen-bond donors (Lipinski definition) is 1. The summed E-state index contributed by atoms with van der Waals surface area (Å²) in [5.41, 5.74) is 3.47. The normalized spacial score (nSPS) is 10.8. The van der Waals surface area contributed by atoms with Crippen LogP contribution in [0.25, 0.3) is 10.6 Å². The van der Waals surface area contributed by atoms with E-state index in [2.05, 4.69) is 15.3 Å². The molecule has 2 heterocycles. The molecule has 1 N–H and O–H groups in total. The molecule has 0 aliphatic carbocycles. The Bertz CT molecular complexity index is 932. The number of nitrogens with zero attached hydrogens (tertiary/aromatic N) is 3. The van der Waals surface area contributed by atoms with Crippen molar-refractivity contribution < 1.29 is 0 Å². The number of halogens is 1. The van der Waals surface area contributed by atoms with Crippen molar-refractivity contribution in [3.63, 3.8) is 0 Å². The lowest BCUT2D eigenvalue weighted by Gasteiger charge is -2.08. The molecule has 0 radical (unpaired) electrons. The minimum absolute atomic E-state index is 0.000975. The highest BCUT2D eigenvalue weighted by atomic mass is 35.5. The second kappa shape index (κ2) is 6.14. The summed E-state index contributed by atoms with van der Waals surface area (Å²) in [7, 11) is 1.76. The lowest BCUT2D eigenvalue weighted by atomic mass is 10.2. The average Bonchev–Trinajstić information content (AvgIpc) is 2.79. The van der Waals surface area contributed by atoms with Gasteiger partial charge >= 0.3 is 4.87 Å². The van der Waals surface area contributed by atoms with E-state index in [0.29, 0.717) is 5.95 Å². The van der Waals surface area contributed by atoms with Crippen molar-refractivity contribution in [2.75, 3.05) is 5.32 Å². The van der Waals surface area contributed by atoms with Crippen LogP contribution in [-0.2, 0) is 7.05 Å². The van der Waals surface area contributed by atoms with E-state index in [0.717, 1.165) is 32.5 Å². The third-order valence-corrected chi connectivity index (χ3v) is 5.18. The third-order valence-electron chi connectivity index (χ3n) is 3.60. The summed E-state index contributed by atoms with van der Waals surface area (Å²) in [6, 6.07) is 7.44. The molecule has 23 heavy (non-hydrogen) atoms. The van der Waals surface area contributed by atoms with Gasteiger partial charge in [0, 0.05) is 29.6 Å². The zero-order chi connectivity index (χ0) is 16.6. The van der Waals surface area contributed by atoms with Crippen LogP contribution < -0.4 is 10.2 Å². The maximum absolute atomic E-state index is 11.8. The van der Waals surface area contributed by atoms with E-state index in [4.69, 9.17) is 11.6 Å². The molecule has 0 bridgehead atoms.